The number of hydrogen-bond donors (Lipinski definition) is 2. The highest BCUT2D eigenvalue weighted by molar-refractivity contribution is 5.74. The molecule has 0 radical (unpaired) electrons. The molecule has 0 saturated carbocycles. The van der Waals surface area contributed by atoms with Gasteiger partial charge in [0.1, 0.15) is 5.82 Å². The second-order valence-corrected chi connectivity index (χ2v) is 6.53. The molecular formula is C18H23N5. The van der Waals surface area contributed by atoms with Gasteiger partial charge in [-0.05, 0) is 45.4 Å². The van der Waals surface area contributed by atoms with Crippen molar-refractivity contribution in [3.63, 3.8) is 0 Å². The molecule has 2 aromatic heterocycles. The molecule has 0 aliphatic carbocycles. The summed E-state index contributed by atoms with van der Waals surface area (Å²) in [6, 6.07) is 8.64. The van der Waals surface area contributed by atoms with Crippen LogP contribution in [0.2, 0.25) is 0 Å². The standard InChI is InChI=1S/C18H23N5/c1-12-14(13(2)22-21-12)11-23-10-6-5-9-17(23)18-19-15-7-3-4-8-16(15)20-18/h3-4,7-8,17H,5-6,9-11H2,1-2H3,(H,19,20)(H,21,22)/t17-/m0/s1. The normalized spacial score (nSPS) is 19.5. The molecule has 0 unspecified atom stereocenters. The molecule has 0 bridgehead atoms. The Labute approximate surface area is 136 Å². The van der Waals surface area contributed by atoms with E-state index in [0.717, 1.165) is 42.1 Å². The fourth-order valence-corrected chi connectivity index (χ4v) is 3.63. The molecule has 1 aromatic carbocycles. The molecule has 1 fully saturated rings. The van der Waals surface area contributed by atoms with Crippen LogP contribution in [0, 0.1) is 13.8 Å². The lowest BCUT2D eigenvalue weighted by Gasteiger charge is -2.34. The number of fused-ring (bicyclic) bond motifs is 1. The topological polar surface area (TPSA) is 60.6 Å². The van der Waals surface area contributed by atoms with Crippen LogP contribution in [0.4, 0.5) is 0 Å². The fourth-order valence-electron chi connectivity index (χ4n) is 3.63. The number of aryl methyl sites for hydroxylation is 2. The van der Waals surface area contributed by atoms with Gasteiger partial charge in [0.2, 0.25) is 0 Å². The van der Waals surface area contributed by atoms with E-state index in [1.165, 1.54) is 24.1 Å². The Morgan fingerprint density at radius 1 is 1.22 bits per heavy atom. The second-order valence-electron chi connectivity index (χ2n) is 6.53. The number of benzene rings is 1. The Bertz CT molecular complexity index is 763. The summed E-state index contributed by atoms with van der Waals surface area (Å²) in [5, 5.41) is 7.44. The number of rotatable bonds is 3. The predicted molar refractivity (Wildman–Crippen MR) is 91.2 cm³/mol. The molecule has 5 heteroatoms. The monoisotopic (exact) mass is 309 g/mol. The van der Waals surface area contributed by atoms with Crippen molar-refractivity contribution < 1.29 is 0 Å². The van der Waals surface area contributed by atoms with E-state index in [9.17, 15) is 0 Å². The van der Waals surface area contributed by atoms with Crippen molar-refractivity contribution in [2.75, 3.05) is 6.54 Å². The lowest BCUT2D eigenvalue weighted by molar-refractivity contribution is 0.134. The molecule has 1 aliphatic rings. The molecule has 1 saturated heterocycles. The van der Waals surface area contributed by atoms with Crippen molar-refractivity contribution >= 4 is 11.0 Å². The first-order valence-electron chi connectivity index (χ1n) is 8.41. The average molecular weight is 309 g/mol. The van der Waals surface area contributed by atoms with Gasteiger partial charge in [-0.3, -0.25) is 10.00 Å². The van der Waals surface area contributed by atoms with Gasteiger partial charge in [-0.1, -0.05) is 18.6 Å². The largest absolute Gasteiger partial charge is 0.341 e. The minimum atomic E-state index is 0.366. The Kier molecular flexibility index (Phi) is 3.65. The molecule has 1 atom stereocenters. The number of H-pyrrole nitrogens is 2. The highest BCUT2D eigenvalue weighted by Crippen LogP contribution is 2.32. The zero-order chi connectivity index (χ0) is 15.8. The lowest BCUT2D eigenvalue weighted by atomic mass is 10.00. The van der Waals surface area contributed by atoms with Crippen molar-refractivity contribution in [2.45, 2.75) is 45.7 Å². The number of imidazole rings is 1. The van der Waals surface area contributed by atoms with E-state index >= 15 is 0 Å². The molecule has 120 valence electrons. The van der Waals surface area contributed by atoms with Crippen LogP contribution >= 0.6 is 0 Å². The molecule has 0 spiro atoms. The van der Waals surface area contributed by atoms with Crippen LogP contribution in [-0.2, 0) is 6.54 Å². The minimum Gasteiger partial charge on any atom is -0.341 e. The number of aromatic amines is 2. The van der Waals surface area contributed by atoms with E-state index in [4.69, 9.17) is 4.98 Å². The summed E-state index contributed by atoms with van der Waals surface area (Å²) in [7, 11) is 0. The Morgan fingerprint density at radius 3 is 2.87 bits per heavy atom. The maximum atomic E-state index is 4.84. The van der Waals surface area contributed by atoms with E-state index in [1.54, 1.807) is 0 Å². The van der Waals surface area contributed by atoms with Crippen LogP contribution in [0.25, 0.3) is 11.0 Å². The SMILES string of the molecule is Cc1n[nH]c(C)c1CN1CCCC[C@H]1c1nc2ccccc2[nH]1. The van der Waals surface area contributed by atoms with Crippen LogP contribution in [0.15, 0.2) is 24.3 Å². The van der Waals surface area contributed by atoms with Gasteiger partial charge in [0.25, 0.3) is 0 Å². The van der Waals surface area contributed by atoms with Crippen LogP contribution in [0.3, 0.4) is 0 Å². The Hall–Kier alpha value is -2.14. The van der Waals surface area contributed by atoms with Crippen LogP contribution < -0.4 is 0 Å². The third-order valence-electron chi connectivity index (χ3n) is 4.98. The van der Waals surface area contributed by atoms with Crippen molar-refractivity contribution in [3.8, 4) is 0 Å². The molecule has 3 heterocycles. The second kappa shape index (κ2) is 5.81. The van der Waals surface area contributed by atoms with E-state index < -0.39 is 0 Å². The summed E-state index contributed by atoms with van der Waals surface area (Å²) in [6.45, 7) is 6.25. The number of likely N-dealkylation sites (tertiary alicyclic amines) is 1. The summed E-state index contributed by atoms with van der Waals surface area (Å²) >= 11 is 0. The molecule has 5 nitrogen and oxygen atoms in total. The average Bonchev–Trinajstić information content (AvgIpc) is 3.13. The predicted octanol–water partition coefficient (Wildman–Crippen LogP) is 3.63. The fraction of sp³-hybridized carbons (Fsp3) is 0.444. The van der Waals surface area contributed by atoms with Gasteiger partial charge in [-0.2, -0.15) is 5.10 Å². The van der Waals surface area contributed by atoms with E-state index in [1.807, 2.05) is 6.07 Å². The van der Waals surface area contributed by atoms with Crippen LogP contribution in [0.5, 0.6) is 0 Å². The zero-order valence-corrected chi connectivity index (χ0v) is 13.8. The third-order valence-corrected chi connectivity index (χ3v) is 4.98. The lowest BCUT2D eigenvalue weighted by Crippen LogP contribution is -2.33. The summed E-state index contributed by atoms with van der Waals surface area (Å²) in [6.07, 6.45) is 3.68. The number of hydrogen-bond acceptors (Lipinski definition) is 3. The van der Waals surface area contributed by atoms with Gasteiger partial charge >= 0.3 is 0 Å². The number of aromatic nitrogens is 4. The van der Waals surface area contributed by atoms with Crippen molar-refractivity contribution in [3.05, 3.63) is 47.0 Å². The highest BCUT2D eigenvalue weighted by atomic mass is 15.2. The quantitative estimate of drug-likeness (QED) is 0.776. The third kappa shape index (κ3) is 2.65. The first-order chi connectivity index (χ1) is 11.2. The van der Waals surface area contributed by atoms with Gasteiger partial charge in [-0.15, -0.1) is 0 Å². The van der Waals surface area contributed by atoms with Crippen LogP contribution in [-0.4, -0.2) is 31.6 Å². The molecule has 4 rings (SSSR count). The van der Waals surface area contributed by atoms with Crippen LogP contribution in [0.1, 0.15) is 48.1 Å². The first-order valence-corrected chi connectivity index (χ1v) is 8.41. The maximum Gasteiger partial charge on any atom is 0.124 e. The Morgan fingerprint density at radius 2 is 2.09 bits per heavy atom. The van der Waals surface area contributed by atoms with Crippen molar-refractivity contribution in [1.82, 2.24) is 25.1 Å². The first kappa shape index (κ1) is 14.5. The number of nitrogens with zero attached hydrogens (tertiary/aromatic N) is 3. The van der Waals surface area contributed by atoms with E-state index in [2.05, 4.69) is 52.1 Å². The van der Waals surface area contributed by atoms with Gasteiger partial charge in [0, 0.05) is 17.8 Å². The molecule has 0 amide bonds. The summed E-state index contributed by atoms with van der Waals surface area (Å²) in [5.41, 5.74) is 5.80. The van der Waals surface area contributed by atoms with E-state index in [-0.39, 0.29) is 0 Å². The zero-order valence-electron chi connectivity index (χ0n) is 13.8. The smallest absolute Gasteiger partial charge is 0.124 e. The molecule has 23 heavy (non-hydrogen) atoms. The molecule has 1 aliphatic heterocycles. The molecule has 2 N–H and O–H groups in total. The molecular weight excluding hydrogens is 286 g/mol. The highest BCUT2D eigenvalue weighted by Gasteiger charge is 2.27. The van der Waals surface area contributed by atoms with Gasteiger partial charge in [-0.25, -0.2) is 4.98 Å². The number of para-hydroxylation sites is 2. The number of nitrogens with one attached hydrogen (secondary N) is 2. The van der Waals surface area contributed by atoms with E-state index in [0.29, 0.717) is 6.04 Å². The van der Waals surface area contributed by atoms with Gasteiger partial charge < -0.3 is 4.98 Å². The summed E-state index contributed by atoms with van der Waals surface area (Å²) < 4.78 is 0. The van der Waals surface area contributed by atoms with Gasteiger partial charge in [0.15, 0.2) is 0 Å². The molecule has 3 aromatic rings. The minimum absolute atomic E-state index is 0.366. The summed E-state index contributed by atoms with van der Waals surface area (Å²) in [4.78, 5) is 10.9. The Balaban J connectivity index is 1.65. The van der Waals surface area contributed by atoms with Crippen molar-refractivity contribution in [2.24, 2.45) is 0 Å². The van der Waals surface area contributed by atoms with Gasteiger partial charge in [0.05, 0.1) is 22.8 Å². The number of piperidine rings is 1. The maximum absolute atomic E-state index is 4.84. The summed E-state index contributed by atoms with van der Waals surface area (Å²) in [5.74, 6) is 1.10. The van der Waals surface area contributed by atoms with Crippen molar-refractivity contribution in [1.29, 1.82) is 0 Å².